The molecular weight excluding hydrogens is 270 g/mol. The zero-order valence-electron chi connectivity index (χ0n) is 8.30. The van der Waals surface area contributed by atoms with Gasteiger partial charge < -0.3 is 0 Å². The molecule has 0 amide bonds. The molecule has 0 radical (unpaired) electrons. The van der Waals surface area contributed by atoms with Crippen molar-refractivity contribution in [3.63, 3.8) is 0 Å². The molecule has 0 bridgehead atoms. The predicted octanol–water partition coefficient (Wildman–Crippen LogP) is 0.621. The van der Waals surface area contributed by atoms with E-state index >= 15 is 0 Å². The molecule has 10 nitrogen and oxygen atoms in total. The Labute approximate surface area is 99.1 Å². The average Bonchev–Trinajstić information content (AvgIpc) is 2.25. The van der Waals surface area contributed by atoms with E-state index in [0.29, 0.717) is 12.1 Å². The first kappa shape index (κ1) is 13.5. The first-order chi connectivity index (χ1) is 8.20. The molecule has 11 heteroatoms. The highest BCUT2D eigenvalue weighted by atomic mass is 32.2. The molecule has 0 unspecified atom stereocenters. The predicted molar refractivity (Wildman–Crippen MR) is 54.3 cm³/mol. The molecule has 0 spiro atoms. The van der Waals surface area contributed by atoms with E-state index in [0.717, 1.165) is 6.07 Å². The van der Waals surface area contributed by atoms with Gasteiger partial charge in [-0.2, -0.15) is 13.7 Å². The molecule has 1 aromatic rings. The minimum Gasteiger partial charge on any atom is -0.282 e. The summed E-state index contributed by atoms with van der Waals surface area (Å²) in [5.41, 5.74) is -3.40. The summed E-state index contributed by atoms with van der Waals surface area (Å²) in [5, 5.41) is 29.9. The maximum atomic E-state index is 10.9. The molecule has 0 aromatic heterocycles. The Morgan fingerprint density at radius 3 is 2.11 bits per heavy atom. The summed E-state index contributed by atoms with van der Waals surface area (Å²) in [5.74, 6) is 0. The Bertz CT molecular complexity index is 688. The molecule has 0 aliphatic carbocycles. The van der Waals surface area contributed by atoms with E-state index < -0.39 is 41.8 Å². The van der Waals surface area contributed by atoms with Crippen LogP contribution in [-0.2, 0) is 10.1 Å². The Morgan fingerprint density at radius 2 is 1.78 bits per heavy atom. The maximum absolute atomic E-state index is 10.9. The molecule has 1 N–H and O–H groups in total. The Morgan fingerprint density at radius 1 is 1.22 bits per heavy atom. The van der Waals surface area contributed by atoms with E-state index in [1.165, 1.54) is 0 Å². The van der Waals surface area contributed by atoms with Gasteiger partial charge in [-0.1, -0.05) is 0 Å². The van der Waals surface area contributed by atoms with Crippen LogP contribution >= 0.6 is 0 Å². The summed E-state index contributed by atoms with van der Waals surface area (Å²) < 4.78 is 30.5. The second-order valence-corrected chi connectivity index (χ2v) is 4.30. The zero-order valence-corrected chi connectivity index (χ0v) is 9.12. The van der Waals surface area contributed by atoms with Gasteiger partial charge in [0.25, 0.3) is 10.1 Å². The standard InChI is InChI=1S/C7H3N3O7S/c8-3-4-6(18(15,16)17)2-1-5(9(11)12)7(4)10(13)14/h1-2H,(H,15,16,17). The van der Waals surface area contributed by atoms with Crippen molar-refractivity contribution >= 4 is 21.5 Å². The number of rotatable bonds is 3. The molecule has 0 saturated carbocycles. The minimum atomic E-state index is -4.89. The minimum absolute atomic E-state index is 0.530. The molecule has 0 aliphatic rings. The van der Waals surface area contributed by atoms with Crippen LogP contribution in [0.2, 0.25) is 0 Å². The topological polar surface area (TPSA) is 164 Å². The summed E-state index contributed by atoms with van der Waals surface area (Å²) in [6.07, 6.45) is 0. The van der Waals surface area contributed by atoms with Crippen LogP contribution in [-0.4, -0.2) is 22.8 Å². The highest BCUT2D eigenvalue weighted by Crippen LogP contribution is 2.34. The SMILES string of the molecule is N#Cc1c(S(=O)(=O)O)ccc([N+](=O)[O-])c1[N+](=O)[O-]. The molecule has 1 aromatic carbocycles. The molecule has 1 rings (SSSR count). The number of nitriles is 1. The maximum Gasteiger partial charge on any atom is 0.365 e. The lowest BCUT2D eigenvalue weighted by atomic mass is 10.1. The van der Waals surface area contributed by atoms with Gasteiger partial charge in [0.05, 0.1) is 9.85 Å². The number of benzene rings is 1. The summed E-state index contributed by atoms with van der Waals surface area (Å²) >= 11 is 0. The molecule has 0 aliphatic heterocycles. The zero-order chi connectivity index (χ0) is 14.1. The van der Waals surface area contributed by atoms with Crippen molar-refractivity contribution < 1.29 is 22.8 Å². The van der Waals surface area contributed by atoms with E-state index in [2.05, 4.69) is 0 Å². The number of hydrogen-bond donors (Lipinski definition) is 1. The lowest BCUT2D eigenvalue weighted by Crippen LogP contribution is -2.06. The number of hydrogen-bond acceptors (Lipinski definition) is 7. The van der Waals surface area contributed by atoms with Crippen molar-refractivity contribution in [2.45, 2.75) is 4.90 Å². The molecule has 0 atom stereocenters. The van der Waals surface area contributed by atoms with Crippen LogP contribution in [0.25, 0.3) is 0 Å². The van der Waals surface area contributed by atoms with Crippen LogP contribution in [0.15, 0.2) is 17.0 Å². The summed E-state index contributed by atoms with van der Waals surface area (Å²) in [7, 11) is -4.89. The van der Waals surface area contributed by atoms with Gasteiger partial charge in [0.1, 0.15) is 11.0 Å². The fraction of sp³-hybridized carbons (Fsp3) is 0. The average molecular weight is 273 g/mol. The Hall–Kier alpha value is -2.58. The molecule has 0 saturated heterocycles. The van der Waals surface area contributed by atoms with Gasteiger partial charge in [0.2, 0.25) is 0 Å². The number of nitro benzene ring substituents is 2. The monoisotopic (exact) mass is 273 g/mol. The van der Waals surface area contributed by atoms with Crippen LogP contribution < -0.4 is 0 Å². The third-order valence-corrected chi connectivity index (χ3v) is 2.78. The van der Waals surface area contributed by atoms with Crippen LogP contribution in [0.3, 0.4) is 0 Å². The second kappa shape index (κ2) is 4.35. The molecule has 94 valence electrons. The van der Waals surface area contributed by atoms with Crippen molar-refractivity contribution in [3.05, 3.63) is 37.9 Å². The summed E-state index contributed by atoms with van der Waals surface area (Å²) in [6, 6.07) is 2.25. The van der Waals surface area contributed by atoms with Crippen molar-refractivity contribution in [2.24, 2.45) is 0 Å². The van der Waals surface area contributed by atoms with E-state index in [4.69, 9.17) is 9.81 Å². The van der Waals surface area contributed by atoms with E-state index in [9.17, 15) is 28.6 Å². The van der Waals surface area contributed by atoms with Crippen LogP contribution in [0.1, 0.15) is 5.56 Å². The quantitative estimate of drug-likeness (QED) is 0.475. The molecule has 0 fully saturated rings. The lowest BCUT2D eigenvalue weighted by Gasteiger charge is -2.01. The summed E-state index contributed by atoms with van der Waals surface area (Å²) in [6.45, 7) is 0. The molecule has 18 heavy (non-hydrogen) atoms. The first-order valence-corrected chi connectivity index (χ1v) is 5.47. The largest absolute Gasteiger partial charge is 0.365 e. The lowest BCUT2D eigenvalue weighted by molar-refractivity contribution is -0.422. The highest BCUT2D eigenvalue weighted by molar-refractivity contribution is 7.85. The second-order valence-electron chi connectivity index (χ2n) is 2.91. The first-order valence-electron chi connectivity index (χ1n) is 4.03. The van der Waals surface area contributed by atoms with Gasteiger partial charge >= 0.3 is 11.4 Å². The fourth-order valence-corrected chi connectivity index (χ4v) is 1.86. The van der Waals surface area contributed by atoms with Gasteiger partial charge in [0, 0.05) is 6.07 Å². The van der Waals surface area contributed by atoms with E-state index in [1.807, 2.05) is 0 Å². The summed E-state index contributed by atoms with van der Waals surface area (Å²) in [4.78, 5) is 17.7. The normalized spacial score (nSPS) is 10.7. The Kier molecular flexibility index (Phi) is 3.26. The van der Waals surface area contributed by atoms with Gasteiger partial charge in [-0.05, 0) is 6.07 Å². The Balaban J connectivity index is 3.88. The van der Waals surface area contributed by atoms with Crippen molar-refractivity contribution in [1.82, 2.24) is 0 Å². The van der Waals surface area contributed by atoms with Crippen molar-refractivity contribution in [2.75, 3.05) is 0 Å². The van der Waals surface area contributed by atoms with Crippen LogP contribution in [0.5, 0.6) is 0 Å². The van der Waals surface area contributed by atoms with Gasteiger partial charge in [-0.25, -0.2) is 0 Å². The number of nitro groups is 2. The molecular formula is C7H3N3O7S. The van der Waals surface area contributed by atoms with Crippen molar-refractivity contribution in [1.29, 1.82) is 5.26 Å². The number of nitrogens with zero attached hydrogens (tertiary/aromatic N) is 3. The van der Waals surface area contributed by atoms with E-state index in [1.54, 1.807) is 0 Å². The van der Waals surface area contributed by atoms with Crippen molar-refractivity contribution in [3.8, 4) is 6.07 Å². The van der Waals surface area contributed by atoms with Gasteiger partial charge in [-0.15, -0.1) is 0 Å². The highest BCUT2D eigenvalue weighted by Gasteiger charge is 2.34. The smallest absolute Gasteiger partial charge is 0.282 e. The van der Waals surface area contributed by atoms with Gasteiger partial charge in [-0.3, -0.25) is 24.8 Å². The third-order valence-electron chi connectivity index (χ3n) is 1.89. The van der Waals surface area contributed by atoms with Crippen LogP contribution in [0.4, 0.5) is 11.4 Å². The van der Waals surface area contributed by atoms with E-state index in [-0.39, 0.29) is 0 Å². The van der Waals surface area contributed by atoms with Crippen LogP contribution in [0, 0.1) is 31.6 Å². The van der Waals surface area contributed by atoms with Gasteiger partial charge in [0.15, 0.2) is 5.56 Å². The molecule has 0 heterocycles. The third kappa shape index (κ3) is 2.24. The fourth-order valence-electron chi connectivity index (χ4n) is 1.22.